The lowest BCUT2D eigenvalue weighted by molar-refractivity contribution is 1.30. The van der Waals surface area contributed by atoms with Crippen molar-refractivity contribution in [2.75, 3.05) is 0 Å². The predicted molar refractivity (Wildman–Crippen MR) is 205 cm³/mol. The highest BCUT2D eigenvalue weighted by Gasteiger charge is 2.20. The SMILES string of the molecule is [2H]C1=C(C)c2nc1c(-c1ccccc1)c1ccc([nH]1)c(-c1ccccc1)c1nc(c(-c3ccccc3)c3ccc([nH]3)c2-c2ccccc2)C=C1. The van der Waals surface area contributed by atoms with E-state index in [1.165, 1.54) is 0 Å². The van der Waals surface area contributed by atoms with E-state index < -0.39 is 0 Å². The second-order valence-electron chi connectivity index (χ2n) is 12.3. The number of aromatic amines is 2. The summed E-state index contributed by atoms with van der Waals surface area (Å²) < 4.78 is 9.53. The van der Waals surface area contributed by atoms with Crippen LogP contribution in [0.15, 0.2) is 146 Å². The van der Waals surface area contributed by atoms with Crippen LogP contribution in [0.3, 0.4) is 0 Å². The molecule has 3 aromatic heterocycles. The van der Waals surface area contributed by atoms with Crippen molar-refractivity contribution in [3.8, 4) is 44.5 Å². The number of H-pyrrole nitrogens is 2. The van der Waals surface area contributed by atoms with Gasteiger partial charge in [0.15, 0.2) is 0 Å². The molecule has 2 N–H and O–H groups in total. The van der Waals surface area contributed by atoms with Crippen molar-refractivity contribution in [3.05, 3.63) is 168 Å². The minimum atomic E-state index is 0.408. The number of hydrogen-bond acceptors (Lipinski definition) is 2. The summed E-state index contributed by atoms with van der Waals surface area (Å²) in [6.45, 7) is 2.01. The zero-order valence-electron chi connectivity index (χ0n) is 27.9. The number of nitrogens with one attached hydrogen (secondary N) is 2. The maximum absolute atomic E-state index is 9.53. The van der Waals surface area contributed by atoms with Gasteiger partial charge < -0.3 is 9.97 Å². The van der Waals surface area contributed by atoms with Gasteiger partial charge in [0, 0.05) is 44.3 Å². The third-order valence-corrected chi connectivity index (χ3v) is 9.21. The number of hydrogen-bond donors (Lipinski definition) is 2. The molecule has 49 heavy (non-hydrogen) atoms. The molecule has 2 aliphatic rings. The third-order valence-electron chi connectivity index (χ3n) is 9.21. The van der Waals surface area contributed by atoms with Gasteiger partial charge in [-0.1, -0.05) is 121 Å². The first-order chi connectivity index (χ1) is 24.6. The molecule has 0 unspecified atom stereocenters. The predicted octanol–water partition coefficient (Wildman–Crippen LogP) is 11.7. The van der Waals surface area contributed by atoms with E-state index in [0.29, 0.717) is 11.7 Å². The smallest absolute Gasteiger partial charge is 0.0766 e. The van der Waals surface area contributed by atoms with Gasteiger partial charge in [0.05, 0.1) is 24.1 Å². The van der Waals surface area contributed by atoms with Crippen molar-refractivity contribution in [3.63, 3.8) is 0 Å². The number of nitrogens with zero attached hydrogens (tertiary/aromatic N) is 2. The Bertz CT molecular complexity index is 2450. The first-order valence-corrected chi connectivity index (χ1v) is 16.5. The van der Waals surface area contributed by atoms with Crippen LogP contribution in [-0.4, -0.2) is 19.9 Å². The fourth-order valence-corrected chi connectivity index (χ4v) is 6.98. The van der Waals surface area contributed by atoms with Crippen molar-refractivity contribution >= 4 is 45.8 Å². The van der Waals surface area contributed by atoms with Crippen LogP contribution in [0.2, 0.25) is 0 Å². The molecule has 0 fully saturated rings. The maximum atomic E-state index is 9.53. The number of benzene rings is 4. The highest BCUT2D eigenvalue weighted by molar-refractivity contribution is 6.01. The zero-order chi connectivity index (χ0) is 33.6. The molecule has 0 saturated carbocycles. The largest absolute Gasteiger partial charge is 0.354 e. The molecule has 4 nitrogen and oxygen atoms in total. The van der Waals surface area contributed by atoms with E-state index >= 15 is 0 Å². The summed E-state index contributed by atoms with van der Waals surface area (Å²) in [4.78, 5) is 18.3. The van der Waals surface area contributed by atoms with Crippen LogP contribution in [0.5, 0.6) is 0 Å². The van der Waals surface area contributed by atoms with E-state index in [1.54, 1.807) is 0 Å². The molecule has 232 valence electrons. The number of allylic oxidation sites excluding steroid dienone is 1. The van der Waals surface area contributed by atoms with Gasteiger partial charge in [-0.2, -0.15) is 0 Å². The van der Waals surface area contributed by atoms with Crippen LogP contribution in [0, 0.1) is 0 Å². The Morgan fingerprint density at radius 3 is 1.16 bits per heavy atom. The van der Waals surface area contributed by atoms with E-state index in [2.05, 4.69) is 119 Å². The topological polar surface area (TPSA) is 57.4 Å². The monoisotopic (exact) mass is 629 g/mol. The third kappa shape index (κ3) is 5.11. The lowest BCUT2D eigenvalue weighted by atomic mass is 10.0. The fourth-order valence-electron chi connectivity index (χ4n) is 6.98. The van der Waals surface area contributed by atoms with Crippen molar-refractivity contribution in [2.45, 2.75) is 6.92 Å². The number of fused-ring (bicyclic) bond motifs is 8. The minimum Gasteiger partial charge on any atom is -0.354 e. The molecule has 0 aliphatic carbocycles. The van der Waals surface area contributed by atoms with Crippen LogP contribution in [0.4, 0.5) is 0 Å². The molecule has 0 radical (unpaired) electrons. The molecule has 2 aliphatic heterocycles. The Morgan fingerprint density at radius 1 is 0.408 bits per heavy atom. The van der Waals surface area contributed by atoms with Crippen LogP contribution in [0.1, 0.15) is 31.1 Å². The second-order valence-corrected chi connectivity index (χ2v) is 12.3. The number of rotatable bonds is 4. The van der Waals surface area contributed by atoms with Crippen molar-refractivity contribution < 1.29 is 1.37 Å². The van der Waals surface area contributed by atoms with E-state index in [1.807, 2.05) is 55.5 Å². The maximum Gasteiger partial charge on any atom is 0.0766 e. The summed E-state index contributed by atoms with van der Waals surface area (Å²) in [5.74, 6) is 0. The second kappa shape index (κ2) is 11.9. The average Bonchev–Trinajstić information content (AvgIpc) is 3.99. The lowest BCUT2D eigenvalue weighted by Crippen LogP contribution is -1.90. The van der Waals surface area contributed by atoms with Gasteiger partial charge in [0.1, 0.15) is 0 Å². The molecule has 5 heterocycles. The molecule has 0 atom stereocenters. The summed E-state index contributed by atoms with van der Waals surface area (Å²) in [6, 6.07) is 50.3. The molecule has 0 saturated heterocycles. The molecule has 8 bridgehead atoms. The Kier molecular flexibility index (Phi) is 6.71. The molecule has 4 heteroatoms. The van der Waals surface area contributed by atoms with Crippen LogP contribution in [0.25, 0.3) is 90.4 Å². The Morgan fingerprint density at radius 2 is 0.755 bits per heavy atom. The molecule has 7 aromatic rings. The Labute approximate surface area is 286 Å². The normalized spacial score (nSPS) is 12.7. The van der Waals surface area contributed by atoms with Crippen LogP contribution in [-0.2, 0) is 0 Å². The molecular formula is C45H32N4. The van der Waals surface area contributed by atoms with Crippen LogP contribution >= 0.6 is 0 Å². The van der Waals surface area contributed by atoms with E-state index in [-0.39, 0.29) is 0 Å². The molecule has 9 rings (SSSR count). The van der Waals surface area contributed by atoms with Gasteiger partial charge in [0.2, 0.25) is 0 Å². The highest BCUT2D eigenvalue weighted by Crippen LogP contribution is 2.40. The molecule has 0 amide bonds. The van der Waals surface area contributed by atoms with Gasteiger partial charge in [-0.15, -0.1) is 0 Å². The molecule has 4 aromatic carbocycles. The highest BCUT2D eigenvalue weighted by atomic mass is 14.8. The van der Waals surface area contributed by atoms with Gasteiger partial charge in [-0.25, -0.2) is 9.97 Å². The summed E-state index contributed by atoms with van der Waals surface area (Å²) in [5.41, 5.74) is 15.7. The first kappa shape index (κ1) is 27.6. The van der Waals surface area contributed by atoms with Crippen molar-refractivity contribution in [1.29, 1.82) is 0 Å². The minimum absolute atomic E-state index is 0.408. The lowest BCUT2D eigenvalue weighted by Gasteiger charge is -2.07. The molecular weight excluding hydrogens is 597 g/mol. The quantitative estimate of drug-likeness (QED) is 0.203. The van der Waals surface area contributed by atoms with Gasteiger partial charge in [-0.3, -0.25) is 0 Å². The van der Waals surface area contributed by atoms with Gasteiger partial charge >= 0.3 is 0 Å². The van der Waals surface area contributed by atoms with Gasteiger partial charge in [0.25, 0.3) is 0 Å². The zero-order valence-corrected chi connectivity index (χ0v) is 26.9. The van der Waals surface area contributed by atoms with E-state index in [0.717, 1.165) is 89.2 Å². The van der Waals surface area contributed by atoms with Crippen LogP contribution < -0.4 is 0 Å². The van der Waals surface area contributed by atoms with E-state index in [9.17, 15) is 1.37 Å². The Balaban J connectivity index is 1.52. The average molecular weight is 630 g/mol. The fraction of sp³-hybridized carbons (Fsp3) is 0.0222. The standard InChI is InChI=1S/C45H32N4/c1-29-28-40-43(32-18-10-4-11-19-32)38-25-24-36(47-38)41(30-14-6-2-7-15-30)34-22-23-35(46-34)42(31-16-8-3-9-17-31)37-26-27-39(48-37)44(45(29)49-40)33-20-12-5-13-21-33/h2-28,47-48H,1H3/i28D. The van der Waals surface area contributed by atoms with Crippen molar-refractivity contribution in [2.24, 2.45) is 0 Å². The van der Waals surface area contributed by atoms with Gasteiger partial charge in [-0.05, 0) is 77.2 Å². The summed E-state index contributed by atoms with van der Waals surface area (Å²) in [5, 5.41) is 0. The summed E-state index contributed by atoms with van der Waals surface area (Å²) in [7, 11) is 0. The van der Waals surface area contributed by atoms with Crippen molar-refractivity contribution in [1.82, 2.24) is 19.9 Å². The summed E-state index contributed by atoms with van der Waals surface area (Å²) in [6.07, 6.45) is 4.23. The summed E-state index contributed by atoms with van der Waals surface area (Å²) >= 11 is 0. The molecule has 0 spiro atoms. The number of aromatic nitrogens is 4. The Hall–Kier alpha value is -6.52. The van der Waals surface area contributed by atoms with E-state index in [4.69, 9.17) is 9.97 Å². The first-order valence-electron chi connectivity index (χ1n) is 17.0.